The molecule has 1 aromatic rings. The second-order valence-corrected chi connectivity index (χ2v) is 6.09. The highest BCUT2D eigenvalue weighted by Gasteiger charge is 2.20. The molecule has 0 bridgehead atoms. The summed E-state index contributed by atoms with van der Waals surface area (Å²) in [5.41, 5.74) is 6.64. The molecule has 0 aliphatic rings. The van der Waals surface area contributed by atoms with E-state index < -0.39 is 10.0 Å². The van der Waals surface area contributed by atoms with Gasteiger partial charge in [0.25, 0.3) is 0 Å². The van der Waals surface area contributed by atoms with Crippen molar-refractivity contribution in [1.82, 2.24) is 0 Å². The van der Waals surface area contributed by atoms with Gasteiger partial charge in [-0.15, -0.1) is 0 Å². The van der Waals surface area contributed by atoms with Gasteiger partial charge in [-0.05, 0) is 38.5 Å². The third kappa shape index (κ3) is 3.36. The predicted octanol–water partition coefficient (Wildman–Crippen LogP) is 1.54. The number of sulfonamides is 1. The Kier molecular flexibility index (Phi) is 4.59. The molecule has 0 fully saturated rings. The molecule has 0 spiro atoms. The minimum absolute atomic E-state index is 0.0876. The molecule has 0 unspecified atom stereocenters. The molecule has 18 heavy (non-hydrogen) atoms. The van der Waals surface area contributed by atoms with Gasteiger partial charge in [-0.2, -0.15) is 0 Å². The van der Waals surface area contributed by atoms with Crippen molar-refractivity contribution in [3.8, 4) is 0 Å². The molecule has 0 aromatic heterocycles. The van der Waals surface area contributed by atoms with Crippen LogP contribution in [0, 0.1) is 0 Å². The van der Waals surface area contributed by atoms with Gasteiger partial charge < -0.3 is 10.6 Å². The van der Waals surface area contributed by atoms with Gasteiger partial charge in [0.05, 0.1) is 5.69 Å². The van der Waals surface area contributed by atoms with Crippen LogP contribution in [0.2, 0.25) is 0 Å². The first-order valence-corrected chi connectivity index (χ1v) is 7.51. The van der Waals surface area contributed by atoms with Gasteiger partial charge in [-0.25, -0.2) is 13.6 Å². The Morgan fingerprint density at radius 1 is 1.33 bits per heavy atom. The van der Waals surface area contributed by atoms with Crippen LogP contribution >= 0.6 is 0 Å². The lowest BCUT2D eigenvalue weighted by Gasteiger charge is -2.30. The number of benzene rings is 1. The molecule has 0 heterocycles. The zero-order valence-electron chi connectivity index (χ0n) is 11.1. The number of primary sulfonamides is 1. The Morgan fingerprint density at radius 2 is 1.94 bits per heavy atom. The Labute approximate surface area is 109 Å². The number of rotatable bonds is 5. The van der Waals surface area contributed by atoms with E-state index in [0.29, 0.717) is 11.4 Å². The van der Waals surface area contributed by atoms with Gasteiger partial charge in [-0.1, -0.05) is 6.92 Å². The molecule has 102 valence electrons. The van der Waals surface area contributed by atoms with E-state index in [1.165, 1.54) is 6.07 Å². The molecule has 6 heteroatoms. The minimum atomic E-state index is -3.77. The lowest BCUT2D eigenvalue weighted by Crippen LogP contribution is -2.33. The monoisotopic (exact) mass is 271 g/mol. The Bertz CT molecular complexity index is 512. The average molecular weight is 271 g/mol. The average Bonchev–Trinajstić information content (AvgIpc) is 2.24. The van der Waals surface area contributed by atoms with E-state index in [1.54, 1.807) is 12.1 Å². The van der Waals surface area contributed by atoms with Crippen LogP contribution in [0.1, 0.15) is 27.2 Å². The van der Waals surface area contributed by atoms with Crippen molar-refractivity contribution in [2.75, 3.05) is 17.2 Å². The van der Waals surface area contributed by atoms with Crippen molar-refractivity contribution in [2.45, 2.75) is 38.1 Å². The summed E-state index contributed by atoms with van der Waals surface area (Å²) in [7, 11) is -3.77. The Morgan fingerprint density at radius 3 is 2.39 bits per heavy atom. The molecule has 0 saturated carbocycles. The molecule has 1 aromatic carbocycles. The number of hydrogen-bond acceptors (Lipinski definition) is 4. The molecule has 0 amide bonds. The highest BCUT2D eigenvalue weighted by Crippen LogP contribution is 2.28. The molecule has 5 nitrogen and oxygen atoms in total. The summed E-state index contributed by atoms with van der Waals surface area (Å²) < 4.78 is 23.3. The van der Waals surface area contributed by atoms with Crippen molar-refractivity contribution < 1.29 is 8.42 Å². The molecular formula is C12H21N3O2S. The second-order valence-electron chi connectivity index (χ2n) is 4.56. The third-order valence-corrected chi connectivity index (χ3v) is 3.63. The van der Waals surface area contributed by atoms with Crippen molar-refractivity contribution >= 4 is 21.4 Å². The van der Waals surface area contributed by atoms with E-state index in [9.17, 15) is 8.42 Å². The zero-order chi connectivity index (χ0) is 13.9. The number of nitrogens with zero attached hydrogens (tertiary/aromatic N) is 1. The summed E-state index contributed by atoms with van der Waals surface area (Å²) in [6, 6.07) is 5.00. The van der Waals surface area contributed by atoms with Gasteiger partial charge in [0.1, 0.15) is 4.90 Å². The van der Waals surface area contributed by atoms with Crippen LogP contribution in [0.3, 0.4) is 0 Å². The molecule has 0 radical (unpaired) electrons. The fraction of sp³-hybridized carbons (Fsp3) is 0.500. The summed E-state index contributed by atoms with van der Waals surface area (Å²) in [4.78, 5) is 2.10. The SMILES string of the molecule is CCCN(c1ccc(N)cc1S(N)(=O)=O)C(C)C. The number of nitrogens with two attached hydrogens (primary N) is 2. The fourth-order valence-corrected chi connectivity index (χ4v) is 2.67. The van der Waals surface area contributed by atoms with Crippen molar-refractivity contribution in [1.29, 1.82) is 0 Å². The van der Waals surface area contributed by atoms with E-state index >= 15 is 0 Å². The van der Waals surface area contributed by atoms with Crippen LogP contribution in [0.5, 0.6) is 0 Å². The maximum Gasteiger partial charge on any atom is 0.240 e. The second kappa shape index (κ2) is 5.58. The Balaban J connectivity index is 3.38. The minimum Gasteiger partial charge on any atom is -0.399 e. The molecule has 1 rings (SSSR count). The summed E-state index contributed by atoms with van der Waals surface area (Å²) in [6.45, 7) is 6.84. The molecular weight excluding hydrogens is 250 g/mol. The van der Waals surface area contributed by atoms with Gasteiger partial charge in [0, 0.05) is 18.3 Å². The van der Waals surface area contributed by atoms with Crippen LogP contribution in [0.25, 0.3) is 0 Å². The predicted molar refractivity (Wildman–Crippen MR) is 75.0 cm³/mol. The van der Waals surface area contributed by atoms with Gasteiger partial charge in [0.2, 0.25) is 10.0 Å². The summed E-state index contributed by atoms with van der Waals surface area (Å²) in [6.07, 6.45) is 0.923. The van der Waals surface area contributed by atoms with Gasteiger partial charge in [0.15, 0.2) is 0 Å². The Hall–Kier alpha value is -1.27. The van der Waals surface area contributed by atoms with E-state index in [0.717, 1.165) is 13.0 Å². The van der Waals surface area contributed by atoms with Gasteiger partial charge >= 0.3 is 0 Å². The normalized spacial score (nSPS) is 11.8. The van der Waals surface area contributed by atoms with Crippen LogP contribution in [0.15, 0.2) is 23.1 Å². The van der Waals surface area contributed by atoms with E-state index in [4.69, 9.17) is 10.9 Å². The molecule has 0 saturated heterocycles. The first kappa shape index (κ1) is 14.8. The maximum absolute atomic E-state index is 11.6. The van der Waals surface area contributed by atoms with E-state index in [1.807, 2.05) is 25.7 Å². The molecule has 0 aliphatic carbocycles. The lowest BCUT2D eigenvalue weighted by molar-refractivity contribution is 0.595. The standard InChI is InChI=1S/C12H21N3O2S/c1-4-7-15(9(2)3)11-6-5-10(13)8-12(11)18(14,16)17/h5-6,8-9H,4,7,13H2,1-3H3,(H2,14,16,17). The molecule has 4 N–H and O–H groups in total. The summed E-state index contributed by atoms with van der Waals surface area (Å²) in [5.74, 6) is 0. The largest absolute Gasteiger partial charge is 0.399 e. The number of hydrogen-bond donors (Lipinski definition) is 2. The first-order valence-electron chi connectivity index (χ1n) is 5.96. The zero-order valence-corrected chi connectivity index (χ0v) is 11.9. The van der Waals surface area contributed by atoms with Crippen molar-refractivity contribution in [3.63, 3.8) is 0 Å². The maximum atomic E-state index is 11.6. The number of nitrogen functional groups attached to an aromatic ring is 1. The van der Waals surface area contributed by atoms with E-state index in [2.05, 4.69) is 0 Å². The molecule has 0 atom stereocenters. The van der Waals surface area contributed by atoms with Gasteiger partial charge in [-0.3, -0.25) is 0 Å². The quantitative estimate of drug-likeness (QED) is 0.795. The smallest absolute Gasteiger partial charge is 0.240 e. The summed E-state index contributed by atoms with van der Waals surface area (Å²) >= 11 is 0. The first-order chi connectivity index (χ1) is 8.27. The van der Waals surface area contributed by atoms with Crippen molar-refractivity contribution in [3.05, 3.63) is 18.2 Å². The molecule has 0 aliphatic heterocycles. The lowest BCUT2D eigenvalue weighted by atomic mass is 10.2. The summed E-state index contributed by atoms with van der Waals surface area (Å²) in [5, 5.41) is 5.25. The van der Waals surface area contributed by atoms with Crippen LogP contribution < -0.4 is 15.8 Å². The van der Waals surface area contributed by atoms with E-state index in [-0.39, 0.29) is 10.9 Å². The van der Waals surface area contributed by atoms with Crippen molar-refractivity contribution in [2.24, 2.45) is 5.14 Å². The van der Waals surface area contributed by atoms with Crippen LogP contribution in [0.4, 0.5) is 11.4 Å². The third-order valence-electron chi connectivity index (χ3n) is 2.69. The van der Waals surface area contributed by atoms with Crippen LogP contribution in [-0.4, -0.2) is 21.0 Å². The number of anilines is 2. The topological polar surface area (TPSA) is 89.4 Å². The fourth-order valence-electron chi connectivity index (χ4n) is 1.89. The highest BCUT2D eigenvalue weighted by molar-refractivity contribution is 7.89. The van der Waals surface area contributed by atoms with Crippen LogP contribution in [-0.2, 0) is 10.0 Å². The highest BCUT2D eigenvalue weighted by atomic mass is 32.2.